The van der Waals surface area contributed by atoms with Crippen molar-refractivity contribution in [3.63, 3.8) is 0 Å². The number of aryl methyl sites for hydroxylation is 2. The van der Waals surface area contributed by atoms with Crippen LogP contribution in [0.2, 0.25) is 0 Å². The molecule has 0 unspecified atom stereocenters. The van der Waals surface area contributed by atoms with Gasteiger partial charge in [-0.25, -0.2) is 4.98 Å². The monoisotopic (exact) mass is 270 g/mol. The lowest BCUT2D eigenvalue weighted by Gasteiger charge is -2.04. The van der Waals surface area contributed by atoms with Gasteiger partial charge in [-0.15, -0.1) is 0 Å². The molecule has 0 saturated carbocycles. The highest BCUT2D eigenvalue weighted by Gasteiger charge is 2.13. The number of imidazole rings is 1. The minimum atomic E-state index is -0.150. The highest BCUT2D eigenvalue weighted by atomic mass is 16.3. The molecule has 0 saturated heterocycles. The van der Waals surface area contributed by atoms with Gasteiger partial charge in [0.2, 0.25) is 0 Å². The lowest BCUT2D eigenvalue weighted by Crippen LogP contribution is -2.23. The van der Waals surface area contributed by atoms with Crippen molar-refractivity contribution in [1.29, 1.82) is 0 Å². The molecule has 102 valence electrons. The van der Waals surface area contributed by atoms with E-state index < -0.39 is 0 Å². The molecule has 0 aromatic carbocycles. The summed E-state index contributed by atoms with van der Waals surface area (Å²) in [6.45, 7) is 4.00. The van der Waals surface area contributed by atoms with Crippen LogP contribution < -0.4 is 5.32 Å². The first-order valence-electron chi connectivity index (χ1n) is 6.26. The molecule has 0 aliphatic rings. The molecule has 6 heteroatoms. The Hall–Kier alpha value is -2.63. The summed E-state index contributed by atoms with van der Waals surface area (Å²) in [6, 6.07) is 1.74. The molecule has 0 fully saturated rings. The van der Waals surface area contributed by atoms with Crippen LogP contribution >= 0.6 is 0 Å². The van der Waals surface area contributed by atoms with E-state index in [-0.39, 0.29) is 5.91 Å². The van der Waals surface area contributed by atoms with Gasteiger partial charge >= 0.3 is 0 Å². The molecule has 0 aliphatic heterocycles. The third-order valence-electron chi connectivity index (χ3n) is 3.11. The largest absolute Gasteiger partial charge is 0.466 e. The standard InChI is InChI=1S/C14H14N4O2/c1-9-5-12(10(2)20-9)14(19)17-7-11-6-16-13-8-15-3-4-18(11)13/h3-6,8H,7H2,1-2H3,(H,17,19). The van der Waals surface area contributed by atoms with Crippen LogP contribution in [0.5, 0.6) is 0 Å². The van der Waals surface area contributed by atoms with Gasteiger partial charge in [0.1, 0.15) is 11.5 Å². The fraction of sp³-hybridized carbons (Fsp3) is 0.214. The zero-order valence-corrected chi connectivity index (χ0v) is 11.3. The second kappa shape index (κ2) is 4.80. The summed E-state index contributed by atoms with van der Waals surface area (Å²) in [5.41, 5.74) is 2.22. The molecule has 0 radical (unpaired) electrons. The summed E-state index contributed by atoms with van der Waals surface area (Å²) >= 11 is 0. The van der Waals surface area contributed by atoms with E-state index in [1.807, 2.05) is 17.5 Å². The summed E-state index contributed by atoms with van der Waals surface area (Å²) in [7, 11) is 0. The molecule has 1 amide bonds. The van der Waals surface area contributed by atoms with Crippen LogP contribution in [0.15, 0.2) is 35.3 Å². The third kappa shape index (κ3) is 2.16. The maximum atomic E-state index is 12.1. The maximum Gasteiger partial charge on any atom is 0.255 e. The molecule has 6 nitrogen and oxygen atoms in total. The van der Waals surface area contributed by atoms with E-state index in [0.717, 1.165) is 17.1 Å². The van der Waals surface area contributed by atoms with Gasteiger partial charge in [-0.3, -0.25) is 14.2 Å². The van der Waals surface area contributed by atoms with Crippen molar-refractivity contribution in [3.8, 4) is 0 Å². The zero-order chi connectivity index (χ0) is 14.1. The third-order valence-corrected chi connectivity index (χ3v) is 3.11. The Morgan fingerprint density at radius 2 is 2.25 bits per heavy atom. The van der Waals surface area contributed by atoms with Gasteiger partial charge < -0.3 is 9.73 Å². The van der Waals surface area contributed by atoms with Crippen LogP contribution in [0.3, 0.4) is 0 Å². The van der Waals surface area contributed by atoms with E-state index in [9.17, 15) is 4.79 Å². The van der Waals surface area contributed by atoms with Gasteiger partial charge in [0.05, 0.1) is 30.2 Å². The molecule has 0 atom stereocenters. The van der Waals surface area contributed by atoms with Gasteiger partial charge in [0.15, 0.2) is 5.65 Å². The summed E-state index contributed by atoms with van der Waals surface area (Å²) in [6.07, 6.45) is 6.90. The van der Waals surface area contributed by atoms with Gasteiger partial charge in [-0.1, -0.05) is 0 Å². The molecule has 3 aromatic rings. The van der Waals surface area contributed by atoms with Crippen molar-refractivity contribution in [3.05, 3.63) is 53.6 Å². The zero-order valence-electron chi connectivity index (χ0n) is 11.3. The number of furan rings is 1. The molecular weight excluding hydrogens is 256 g/mol. The highest BCUT2D eigenvalue weighted by molar-refractivity contribution is 5.95. The number of fused-ring (bicyclic) bond motifs is 1. The number of amides is 1. The van der Waals surface area contributed by atoms with Gasteiger partial charge in [0.25, 0.3) is 5.91 Å². The second-order valence-corrected chi connectivity index (χ2v) is 4.56. The van der Waals surface area contributed by atoms with E-state index in [4.69, 9.17) is 4.42 Å². The Bertz CT molecular complexity index is 772. The first-order chi connectivity index (χ1) is 9.65. The summed E-state index contributed by atoms with van der Waals surface area (Å²) in [5.74, 6) is 1.21. The van der Waals surface area contributed by atoms with Crippen molar-refractivity contribution in [2.24, 2.45) is 0 Å². The van der Waals surface area contributed by atoms with Crippen molar-refractivity contribution in [2.45, 2.75) is 20.4 Å². The minimum absolute atomic E-state index is 0.150. The summed E-state index contributed by atoms with van der Waals surface area (Å²) < 4.78 is 7.25. The predicted molar refractivity (Wildman–Crippen MR) is 72.3 cm³/mol. The maximum absolute atomic E-state index is 12.1. The number of carbonyl (C=O) groups excluding carboxylic acids is 1. The molecule has 3 aromatic heterocycles. The number of hydrogen-bond acceptors (Lipinski definition) is 4. The first kappa shape index (κ1) is 12.4. The van der Waals surface area contributed by atoms with E-state index in [2.05, 4.69) is 15.3 Å². The van der Waals surface area contributed by atoms with Crippen LogP contribution in [0.4, 0.5) is 0 Å². The fourth-order valence-electron chi connectivity index (χ4n) is 2.15. The summed E-state index contributed by atoms with van der Waals surface area (Å²) in [4.78, 5) is 20.3. The Morgan fingerprint density at radius 1 is 1.40 bits per heavy atom. The average molecular weight is 270 g/mol. The lowest BCUT2D eigenvalue weighted by atomic mass is 10.2. The fourth-order valence-corrected chi connectivity index (χ4v) is 2.15. The van der Waals surface area contributed by atoms with Crippen LogP contribution in [0, 0.1) is 13.8 Å². The number of nitrogens with zero attached hydrogens (tertiary/aromatic N) is 3. The number of carbonyl (C=O) groups is 1. The number of nitrogens with one attached hydrogen (secondary N) is 1. The molecule has 1 N–H and O–H groups in total. The predicted octanol–water partition coefficient (Wildman–Crippen LogP) is 1.87. The van der Waals surface area contributed by atoms with Crippen molar-refractivity contribution < 1.29 is 9.21 Å². The Balaban J connectivity index is 1.76. The molecular formula is C14H14N4O2. The highest BCUT2D eigenvalue weighted by Crippen LogP contribution is 2.13. The Kier molecular flexibility index (Phi) is 2.98. The van der Waals surface area contributed by atoms with Crippen LogP contribution in [0.25, 0.3) is 5.65 Å². The van der Waals surface area contributed by atoms with Gasteiger partial charge in [-0.05, 0) is 19.9 Å². The SMILES string of the molecule is Cc1cc(C(=O)NCc2cnc3cnccn23)c(C)o1. The molecule has 0 bridgehead atoms. The first-order valence-corrected chi connectivity index (χ1v) is 6.26. The normalized spacial score (nSPS) is 10.9. The van der Waals surface area contributed by atoms with E-state index in [0.29, 0.717) is 17.9 Å². The molecule has 20 heavy (non-hydrogen) atoms. The van der Waals surface area contributed by atoms with E-state index in [1.54, 1.807) is 31.6 Å². The number of rotatable bonds is 3. The molecule has 3 heterocycles. The van der Waals surface area contributed by atoms with E-state index >= 15 is 0 Å². The summed E-state index contributed by atoms with van der Waals surface area (Å²) in [5, 5.41) is 2.87. The van der Waals surface area contributed by atoms with Crippen molar-refractivity contribution >= 4 is 11.6 Å². The van der Waals surface area contributed by atoms with Crippen molar-refractivity contribution in [2.75, 3.05) is 0 Å². The topological polar surface area (TPSA) is 72.4 Å². The molecule has 3 rings (SSSR count). The quantitative estimate of drug-likeness (QED) is 0.788. The van der Waals surface area contributed by atoms with Crippen LogP contribution in [-0.2, 0) is 6.54 Å². The molecule has 0 spiro atoms. The smallest absolute Gasteiger partial charge is 0.255 e. The van der Waals surface area contributed by atoms with E-state index in [1.165, 1.54) is 0 Å². The number of hydrogen-bond donors (Lipinski definition) is 1. The number of aromatic nitrogens is 3. The van der Waals surface area contributed by atoms with Gasteiger partial charge in [-0.2, -0.15) is 0 Å². The second-order valence-electron chi connectivity index (χ2n) is 4.56. The Labute approximate surface area is 115 Å². The molecule has 0 aliphatic carbocycles. The van der Waals surface area contributed by atoms with Crippen molar-refractivity contribution in [1.82, 2.24) is 19.7 Å². The van der Waals surface area contributed by atoms with Crippen LogP contribution in [0.1, 0.15) is 27.6 Å². The average Bonchev–Trinajstić information content (AvgIpc) is 2.99. The minimum Gasteiger partial charge on any atom is -0.466 e. The Morgan fingerprint density at radius 3 is 3.00 bits per heavy atom. The van der Waals surface area contributed by atoms with Gasteiger partial charge in [0, 0.05) is 12.4 Å². The van der Waals surface area contributed by atoms with Crippen LogP contribution in [-0.4, -0.2) is 20.3 Å². The lowest BCUT2D eigenvalue weighted by molar-refractivity contribution is 0.0949.